The van der Waals surface area contributed by atoms with E-state index in [4.69, 9.17) is 21.1 Å². The van der Waals surface area contributed by atoms with Crippen LogP contribution in [-0.2, 0) is 9.59 Å². The zero-order chi connectivity index (χ0) is 27.7. The highest BCUT2D eigenvalue weighted by Crippen LogP contribution is 2.47. The number of carboxylic acid groups (broad SMARTS) is 1. The standard InChI is InChI=1S/C27H20ClFN4O6/c1-38-22-12-20-17(11-18(22)24(34)35)21(6-9-30-20)39-23-19(28)10-16(13-31-23)33-26(37)27(7-8-27)25(36)32-15-4-2-14(29)3-5-15/h2-6,9-13H,7-8H2,1H3,(H,32,36)(H,33,37)(H,34,35). The van der Waals surface area contributed by atoms with Gasteiger partial charge in [-0.1, -0.05) is 11.6 Å². The summed E-state index contributed by atoms with van der Waals surface area (Å²) in [5, 5.41) is 15.3. The van der Waals surface area contributed by atoms with E-state index in [0.717, 1.165) is 0 Å². The average Bonchev–Trinajstić information content (AvgIpc) is 3.73. The van der Waals surface area contributed by atoms with Crippen LogP contribution in [0.5, 0.6) is 17.4 Å². The molecule has 1 fully saturated rings. The van der Waals surface area contributed by atoms with Gasteiger partial charge in [0.15, 0.2) is 0 Å². The summed E-state index contributed by atoms with van der Waals surface area (Å²) in [6.45, 7) is 0. The van der Waals surface area contributed by atoms with Crippen molar-refractivity contribution in [2.75, 3.05) is 17.7 Å². The molecule has 0 unspecified atom stereocenters. The molecule has 10 nitrogen and oxygen atoms in total. The van der Waals surface area contributed by atoms with E-state index in [1.165, 1.54) is 68.0 Å². The smallest absolute Gasteiger partial charge is 0.339 e. The number of anilines is 2. The number of rotatable bonds is 8. The second-order valence-corrected chi connectivity index (χ2v) is 9.20. The van der Waals surface area contributed by atoms with Gasteiger partial charge >= 0.3 is 5.97 Å². The Hall–Kier alpha value is -4.77. The van der Waals surface area contributed by atoms with E-state index in [0.29, 0.717) is 29.4 Å². The molecule has 2 aromatic carbocycles. The van der Waals surface area contributed by atoms with Crippen molar-refractivity contribution in [2.24, 2.45) is 5.41 Å². The van der Waals surface area contributed by atoms with Gasteiger partial charge in [-0.15, -0.1) is 0 Å². The number of carboxylic acids is 1. The molecule has 1 saturated carbocycles. The maximum Gasteiger partial charge on any atom is 0.339 e. The summed E-state index contributed by atoms with van der Waals surface area (Å²) >= 11 is 6.38. The van der Waals surface area contributed by atoms with Crippen LogP contribution in [0.1, 0.15) is 23.2 Å². The molecule has 0 bridgehead atoms. The van der Waals surface area contributed by atoms with Gasteiger partial charge in [-0.05, 0) is 55.3 Å². The zero-order valence-corrected chi connectivity index (χ0v) is 21.1. The van der Waals surface area contributed by atoms with Crippen molar-refractivity contribution in [1.29, 1.82) is 0 Å². The number of hydrogen-bond acceptors (Lipinski definition) is 7. The maximum absolute atomic E-state index is 13.1. The molecule has 0 aliphatic heterocycles. The molecule has 1 aliphatic rings. The van der Waals surface area contributed by atoms with Crippen LogP contribution in [0.4, 0.5) is 15.8 Å². The Kier molecular flexibility index (Phi) is 6.75. The van der Waals surface area contributed by atoms with Gasteiger partial charge in [-0.2, -0.15) is 0 Å². The number of amides is 2. The van der Waals surface area contributed by atoms with Gasteiger partial charge < -0.3 is 25.2 Å². The predicted octanol–water partition coefficient (Wildman–Crippen LogP) is 5.28. The highest BCUT2D eigenvalue weighted by molar-refractivity contribution is 6.32. The molecule has 0 atom stereocenters. The lowest BCUT2D eigenvalue weighted by atomic mass is 10.0. The third kappa shape index (κ3) is 5.16. The van der Waals surface area contributed by atoms with Gasteiger partial charge in [0.1, 0.15) is 33.3 Å². The van der Waals surface area contributed by atoms with E-state index >= 15 is 0 Å². The summed E-state index contributed by atoms with van der Waals surface area (Å²) in [5.41, 5.74) is -0.269. The molecule has 1 aliphatic carbocycles. The van der Waals surface area contributed by atoms with Crippen LogP contribution >= 0.6 is 11.6 Å². The van der Waals surface area contributed by atoms with Crippen molar-refractivity contribution in [3.05, 3.63) is 77.3 Å². The summed E-state index contributed by atoms with van der Waals surface area (Å²) < 4.78 is 24.1. The molecule has 39 heavy (non-hydrogen) atoms. The molecule has 0 saturated heterocycles. The normalized spacial score (nSPS) is 13.4. The first-order valence-corrected chi connectivity index (χ1v) is 12.0. The Labute approximate surface area is 225 Å². The van der Waals surface area contributed by atoms with Crippen molar-refractivity contribution >= 4 is 51.7 Å². The summed E-state index contributed by atoms with van der Waals surface area (Å²) in [6, 6.07) is 11.1. The van der Waals surface area contributed by atoms with Gasteiger partial charge in [-0.25, -0.2) is 14.2 Å². The number of nitrogens with zero attached hydrogens (tertiary/aromatic N) is 2. The van der Waals surface area contributed by atoms with Crippen LogP contribution in [-0.4, -0.2) is 40.0 Å². The van der Waals surface area contributed by atoms with Gasteiger partial charge in [0, 0.05) is 23.3 Å². The fraction of sp³-hybridized carbons (Fsp3) is 0.148. The highest BCUT2D eigenvalue weighted by atomic mass is 35.5. The first-order chi connectivity index (χ1) is 18.7. The molecule has 3 N–H and O–H groups in total. The predicted molar refractivity (Wildman–Crippen MR) is 140 cm³/mol. The van der Waals surface area contributed by atoms with Gasteiger partial charge in [-0.3, -0.25) is 14.6 Å². The molecule has 0 spiro atoms. The second kappa shape index (κ2) is 10.2. The van der Waals surface area contributed by atoms with Crippen molar-refractivity contribution in [3.63, 3.8) is 0 Å². The van der Waals surface area contributed by atoms with Crippen LogP contribution in [0, 0.1) is 11.2 Å². The number of methoxy groups -OCH3 is 1. The number of pyridine rings is 2. The van der Waals surface area contributed by atoms with E-state index in [-0.39, 0.29) is 33.7 Å². The number of carbonyl (C=O) groups excluding carboxylic acids is 2. The number of halogens is 2. The Morgan fingerprint density at radius 1 is 0.974 bits per heavy atom. The molecule has 2 aromatic heterocycles. The van der Waals surface area contributed by atoms with E-state index in [1.807, 2.05) is 0 Å². The Balaban J connectivity index is 1.32. The zero-order valence-electron chi connectivity index (χ0n) is 20.3. The minimum Gasteiger partial charge on any atom is -0.496 e. The topological polar surface area (TPSA) is 140 Å². The maximum atomic E-state index is 13.1. The molecule has 4 aromatic rings. The molecular weight excluding hydrogens is 531 g/mol. The van der Waals surface area contributed by atoms with E-state index in [2.05, 4.69) is 20.6 Å². The summed E-state index contributed by atoms with van der Waals surface area (Å²) in [4.78, 5) is 45.8. The van der Waals surface area contributed by atoms with Crippen LogP contribution < -0.4 is 20.1 Å². The Morgan fingerprint density at radius 2 is 1.67 bits per heavy atom. The lowest BCUT2D eigenvalue weighted by Crippen LogP contribution is -2.35. The number of fused-ring (bicyclic) bond motifs is 1. The Bertz CT molecular complexity index is 1630. The summed E-state index contributed by atoms with van der Waals surface area (Å²) in [5.74, 6) is -2.23. The van der Waals surface area contributed by atoms with E-state index in [9.17, 15) is 23.9 Å². The highest BCUT2D eigenvalue weighted by Gasteiger charge is 2.56. The first-order valence-electron chi connectivity index (χ1n) is 11.6. The number of ether oxygens (including phenoxy) is 2. The van der Waals surface area contributed by atoms with Crippen molar-refractivity contribution < 1.29 is 33.4 Å². The van der Waals surface area contributed by atoms with Crippen molar-refractivity contribution in [1.82, 2.24) is 9.97 Å². The minimum atomic E-state index is -1.26. The number of benzene rings is 2. The average molecular weight is 551 g/mol. The SMILES string of the molecule is COc1cc2nccc(Oc3ncc(NC(=O)C4(C(=O)Nc5ccc(F)cc5)CC4)cc3Cl)c2cc1C(=O)O. The molecular formula is C27H20ClFN4O6. The number of nitrogens with one attached hydrogen (secondary N) is 2. The fourth-order valence-corrected chi connectivity index (χ4v) is 4.17. The summed E-state index contributed by atoms with van der Waals surface area (Å²) in [7, 11) is 1.36. The fourth-order valence-electron chi connectivity index (χ4n) is 3.96. The van der Waals surface area contributed by atoms with Gasteiger partial charge in [0.2, 0.25) is 17.7 Å². The lowest BCUT2D eigenvalue weighted by Gasteiger charge is -2.16. The monoisotopic (exact) mass is 550 g/mol. The van der Waals surface area contributed by atoms with E-state index in [1.54, 1.807) is 0 Å². The van der Waals surface area contributed by atoms with E-state index < -0.39 is 29.0 Å². The van der Waals surface area contributed by atoms with Crippen molar-refractivity contribution in [3.8, 4) is 17.4 Å². The molecule has 0 radical (unpaired) electrons. The minimum absolute atomic E-state index is 0.00467. The number of aromatic carboxylic acids is 1. The van der Waals surface area contributed by atoms with Gasteiger partial charge in [0.25, 0.3) is 0 Å². The van der Waals surface area contributed by atoms with Crippen molar-refractivity contribution in [2.45, 2.75) is 12.8 Å². The number of carbonyl (C=O) groups is 3. The van der Waals surface area contributed by atoms with Crippen LogP contribution in [0.3, 0.4) is 0 Å². The summed E-state index contributed by atoms with van der Waals surface area (Å²) in [6.07, 6.45) is 3.51. The first kappa shape index (κ1) is 25.9. The number of aromatic nitrogens is 2. The van der Waals surface area contributed by atoms with Crippen LogP contribution in [0.15, 0.2) is 60.9 Å². The van der Waals surface area contributed by atoms with Crippen LogP contribution in [0.2, 0.25) is 5.02 Å². The second-order valence-electron chi connectivity index (χ2n) is 8.79. The molecule has 12 heteroatoms. The third-order valence-electron chi connectivity index (χ3n) is 6.25. The lowest BCUT2D eigenvalue weighted by molar-refractivity contribution is -0.131. The Morgan fingerprint density at radius 3 is 2.28 bits per heavy atom. The van der Waals surface area contributed by atoms with Crippen LogP contribution in [0.25, 0.3) is 10.9 Å². The molecule has 2 amide bonds. The molecule has 198 valence electrons. The number of hydrogen-bond donors (Lipinski definition) is 3. The third-order valence-corrected chi connectivity index (χ3v) is 6.52. The largest absolute Gasteiger partial charge is 0.496 e. The van der Waals surface area contributed by atoms with Gasteiger partial charge in [0.05, 0.1) is 24.5 Å². The molecule has 2 heterocycles. The molecule has 5 rings (SSSR count). The quantitative estimate of drug-likeness (QED) is 0.252.